The number of carbonyl (C=O) groups excluding carboxylic acids is 1. The molecule has 0 spiro atoms. The Kier molecular flexibility index (Phi) is 3.38. The summed E-state index contributed by atoms with van der Waals surface area (Å²) in [6, 6.07) is 4.02. The topological polar surface area (TPSA) is 86.2 Å². The van der Waals surface area contributed by atoms with Gasteiger partial charge in [0.05, 0.1) is 11.1 Å². The van der Waals surface area contributed by atoms with Gasteiger partial charge in [0.25, 0.3) is 0 Å². The Morgan fingerprint density at radius 2 is 2.22 bits per heavy atom. The summed E-state index contributed by atoms with van der Waals surface area (Å²) < 4.78 is 4.81. The lowest BCUT2D eigenvalue weighted by molar-refractivity contribution is -0.402. The van der Waals surface area contributed by atoms with E-state index in [2.05, 4.69) is 4.98 Å². The number of nitro groups is 1. The van der Waals surface area contributed by atoms with E-state index >= 15 is 0 Å². The summed E-state index contributed by atoms with van der Waals surface area (Å²) in [6.45, 7) is 0. The number of aromatic nitrogens is 1. The molecule has 2 aromatic rings. The zero-order chi connectivity index (χ0) is 13.1. The summed E-state index contributed by atoms with van der Waals surface area (Å²) in [7, 11) is 0. The fraction of sp³-hybridized carbons (Fsp3) is 0.0909. The molecule has 0 fully saturated rings. The number of carbonyl (C=O) groups is 1. The van der Waals surface area contributed by atoms with Gasteiger partial charge in [-0.1, -0.05) is 11.6 Å². The van der Waals surface area contributed by atoms with Crippen LogP contribution in [0.3, 0.4) is 0 Å². The molecule has 0 atom stereocenters. The van der Waals surface area contributed by atoms with E-state index in [9.17, 15) is 14.9 Å². The number of pyridine rings is 1. The Morgan fingerprint density at radius 3 is 2.83 bits per heavy atom. The van der Waals surface area contributed by atoms with Gasteiger partial charge in [-0.3, -0.25) is 19.9 Å². The van der Waals surface area contributed by atoms with Crippen LogP contribution in [0.15, 0.2) is 35.0 Å². The van der Waals surface area contributed by atoms with Gasteiger partial charge in [-0.2, -0.15) is 0 Å². The summed E-state index contributed by atoms with van der Waals surface area (Å²) in [4.78, 5) is 25.3. The molecule has 18 heavy (non-hydrogen) atoms. The average molecular weight is 267 g/mol. The molecule has 0 saturated carbocycles. The molecule has 0 N–H and O–H groups in total. The molecule has 0 unspecified atom stereocenters. The number of nitrogens with zero attached hydrogens (tertiary/aromatic N) is 2. The van der Waals surface area contributed by atoms with E-state index in [1.807, 2.05) is 0 Å². The first kappa shape index (κ1) is 12.3. The number of furan rings is 1. The summed E-state index contributed by atoms with van der Waals surface area (Å²) in [5.41, 5.74) is 0.593. The highest BCUT2D eigenvalue weighted by Crippen LogP contribution is 2.20. The fourth-order valence-corrected chi connectivity index (χ4v) is 1.57. The number of hydrogen-bond donors (Lipinski definition) is 0. The molecule has 2 aromatic heterocycles. The lowest BCUT2D eigenvalue weighted by Gasteiger charge is -2.00. The van der Waals surface area contributed by atoms with Crippen molar-refractivity contribution in [2.24, 2.45) is 0 Å². The molecule has 7 heteroatoms. The number of ketones is 1. The van der Waals surface area contributed by atoms with E-state index in [4.69, 9.17) is 16.0 Å². The number of halogens is 1. The zero-order valence-electron chi connectivity index (χ0n) is 9.00. The van der Waals surface area contributed by atoms with Gasteiger partial charge in [0.2, 0.25) is 5.78 Å². The third-order valence-corrected chi connectivity index (χ3v) is 2.59. The molecule has 0 aliphatic rings. The molecule has 2 rings (SSSR count). The van der Waals surface area contributed by atoms with E-state index in [0.29, 0.717) is 10.6 Å². The largest absolute Gasteiger partial charge is 0.433 e. The van der Waals surface area contributed by atoms with Crippen LogP contribution in [0.2, 0.25) is 5.02 Å². The van der Waals surface area contributed by atoms with E-state index in [1.165, 1.54) is 18.5 Å². The maximum Gasteiger partial charge on any atom is 0.433 e. The Bertz CT molecular complexity index is 609. The molecule has 0 aromatic carbocycles. The van der Waals surface area contributed by atoms with Crippen LogP contribution >= 0.6 is 11.6 Å². The first-order valence-corrected chi connectivity index (χ1v) is 5.31. The van der Waals surface area contributed by atoms with Crippen LogP contribution in [-0.4, -0.2) is 15.7 Å². The Balaban J connectivity index is 2.17. The van der Waals surface area contributed by atoms with Crippen molar-refractivity contribution >= 4 is 23.3 Å². The van der Waals surface area contributed by atoms with Crippen molar-refractivity contribution in [3.63, 3.8) is 0 Å². The molecule has 6 nitrogen and oxygen atoms in total. The highest BCUT2D eigenvalue weighted by molar-refractivity contribution is 6.31. The second-order valence-corrected chi connectivity index (χ2v) is 3.87. The Labute approximate surface area is 106 Å². The molecule has 0 bridgehead atoms. The van der Waals surface area contributed by atoms with Gasteiger partial charge in [0.15, 0.2) is 5.76 Å². The smallest absolute Gasteiger partial charge is 0.397 e. The van der Waals surface area contributed by atoms with Gasteiger partial charge in [-0.25, -0.2) is 0 Å². The molecule has 0 amide bonds. The van der Waals surface area contributed by atoms with Gasteiger partial charge < -0.3 is 4.42 Å². The minimum absolute atomic E-state index is 0.00597. The van der Waals surface area contributed by atoms with Crippen LogP contribution in [0, 0.1) is 10.1 Å². The Morgan fingerprint density at radius 1 is 1.44 bits per heavy atom. The van der Waals surface area contributed by atoms with Gasteiger partial charge in [-0.15, -0.1) is 0 Å². The van der Waals surface area contributed by atoms with E-state index in [-0.39, 0.29) is 18.0 Å². The minimum Gasteiger partial charge on any atom is -0.397 e. The lowest BCUT2D eigenvalue weighted by atomic mass is 10.1. The summed E-state index contributed by atoms with van der Waals surface area (Å²) in [5.74, 6) is -0.898. The van der Waals surface area contributed by atoms with E-state index < -0.39 is 10.8 Å². The molecule has 2 heterocycles. The summed E-state index contributed by atoms with van der Waals surface area (Å²) in [6.07, 6.45) is 2.94. The van der Waals surface area contributed by atoms with E-state index in [0.717, 1.165) is 6.07 Å². The number of hydrogen-bond acceptors (Lipinski definition) is 5. The van der Waals surface area contributed by atoms with Crippen molar-refractivity contribution in [3.8, 4) is 0 Å². The first-order chi connectivity index (χ1) is 8.58. The third-order valence-electron chi connectivity index (χ3n) is 2.25. The van der Waals surface area contributed by atoms with Crippen molar-refractivity contribution in [1.82, 2.24) is 4.98 Å². The minimum atomic E-state index is -0.698. The maximum absolute atomic E-state index is 11.8. The second-order valence-electron chi connectivity index (χ2n) is 3.46. The molecule has 0 saturated heterocycles. The van der Waals surface area contributed by atoms with Gasteiger partial charge in [-0.05, 0) is 17.7 Å². The Hall–Kier alpha value is -2.21. The predicted octanol–water partition coefficient (Wildman–Crippen LogP) is 2.66. The number of Topliss-reactive ketones (excluding diaryl/α,β-unsaturated/α-hetero) is 1. The second kappa shape index (κ2) is 4.97. The van der Waals surface area contributed by atoms with Gasteiger partial charge >= 0.3 is 5.88 Å². The SMILES string of the molecule is O=C(Cc1ccncc1Cl)c1ccc([N+](=O)[O-])o1. The van der Waals surface area contributed by atoms with Crippen LogP contribution in [0.25, 0.3) is 0 Å². The lowest BCUT2D eigenvalue weighted by Crippen LogP contribution is -2.02. The fourth-order valence-electron chi connectivity index (χ4n) is 1.38. The average Bonchev–Trinajstić information content (AvgIpc) is 2.81. The van der Waals surface area contributed by atoms with Crippen LogP contribution in [-0.2, 0) is 6.42 Å². The van der Waals surface area contributed by atoms with Crippen LogP contribution < -0.4 is 0 Å². The van der Waals surface area contributed by atoms with Crippen molar-refractivity contribution in [2.45, 2.75) is 6.42 Å². The molecule has 0 radical (unpaired) electrons. The molecular weight excluding hydrogens is 260 g/mol. The molecular formula is C11H7ClN2O4. The monoisotopic (exact) mass is 266 g/mol. The van der Waals surface area contributed by atoms with Crippen molar-refractivity contribution in [3.05, 3.63) is 57.1 Å². The number of rotatable bonds is 4. The summed E-state index contributed by atoms with van der Waals surface area (Å²) >= 11 is 5.86. The standard InChI is InChI=1S/C11H7ClN2O4/c12-8-6-13-4-3-7(8)5-9(15)10-1-2-11(18-10)14(16)17/h1-4,6H,5H2. The quantitative estimate of drug-likeness (QED) is 0.482. The molecule has 0 aliphatic carbocycles. The van der Waals surface area contributed by atoms with Crippen LogP contribution in [0.1, 0.15) is 16.1 Å². The maximum atomic E-state index is 11.8. The van der Waals surface area contributed by atoms with Crippen LogP contribution in [0.4, 0.5) is 5.88 Å². The van der Waals surface area contributed by atoms with Crippen LogP contribution in [0.5, 0.6) is 0 Å². The van der Waals surface area contributed by atoms with Gasteiger partial charge in [0, 0.05) is 18.8 Å². The van der Waals surface area contributed by atoms with Gasteiger partial charge in [0.1, 0.15) is 4.92 Å². The highest BCUT2D eigenvalue weighted by Gasteiger charge is 2.18. The van der Waals surface area contributed by atoms with Crippen molar-refractivity contribution in [1.29, 1.82) is 0 Å². The van der Waals surface area contributed by atoms with Crippen molar-refractivity contribution < 1.29 is 14.1 Å². The summed E-state index contributed by atoms with van der Waals surface area (Å²) in [5, 5.41) is 10.8. The molecule has 0 aliphatic heterocycles. The third kappa shape index (κ3) is 2.54. The molecule has 92 valence electrons. The van der Waals surface area contributed by atoms with Crippen molar-refractivity contribution in [2.75, 3.05) is 0 Å². The predicted molar refractivity (Wildman–Crippen MR) is 62.6 cm³/mol. The highest BCUT2D eigenvalue weighted by atomic mass is 35.5. The first-order valence-electron chi connectivity index (χ1n) is 4.93. The zero-order valence-corrected chi connectivity index (χ0v) is 9.76. The van der Waals surface area contributed by atoms with E-state index in [1.54, 1.807) is 6.07 Å². The normalized spacial score (nSPS) is 10.3.